The number of aliphatic imine (C=N–C) groups is 1. The van der Waals surface area contributed by atoms with Gasteiger partial charge in [-0.2, -0.15) is 0 Å². The fourth-order valence-electron chi connectivity index (χ4n) is 3.67. The van der Waals surface area contributed by atoms with Gasteiger partial charge in [0.15, 0.2) is 11.5 Å². The van der Waals surface area contributed by atoms with Gasteiger partial charge in [-0.05, 0) is 47.9 Å². The van der Waals surface area contributed by atoms with Crippen LogP contribution in [0.4, 0.5) is 17.6 Å². The van der Waals surface area contributed by atoms with Crippen molar-refractivity contribution < 1.29 is 31.8 Å². The van der Waals surface area contributed by atoms with Crippen LogP contribution in [0.3, 0.4) is 0 Å². The Morgan fingerprint density at radius 1 is 0.839 bits per heavy atom. The number of alkyl halides is 2. The first-order valence-electron chi connectivity index (χ1n) is 9.50. The molecule has 0 fully saturated rings. The van der Waals surface area contributed by atoms with E-state index < -0.39 is 30.1 Å². The molecule has 8 heteroatoms. The minimum Gasteiger partial charge on any atom is -0.472 e. The first kappa shape index (κ1) is 19.4. The van der Waals surface area contributed by atoms with Gasteiger partial charge in [0.25, 0.3) is 0 Å². The first-order valence-corrected chi connectivity index (χ1v) is 9.50. The van der Waals surface area contributed by atoms with Gasteiger partial charge in [-0.25, -0.2) is 13.8 Å². The Morgan fingerprint density at radius 3 is 2.19 bits per heavy atom. The van der Waals surface area contributed by atoms with Gasteiger partial charge in [0.05, 0.1) is 0 Å². The van der Waals surface area contributed by atoms with E-state index >= 15 is 0 Å². The monoisotopic (exact) mass is 429 g/mol. The molecule has 2 atom stereocenters. The molecule has 3 aromatic carbocycles. The van der Waals surface area contributed by atoms with Crippen molar-refractivity contribution in [2.24, 2.45) is 4.99 Å². The van der Waals surface area contributed by atoms with Crippen molar-refractivity contribution >= 4 is 5.90 Å². The molecule has 31 heavy (non-hydrogen) atoms. The van der Waals surface area contributed by atoms with Gasteiger partial charge in [0.2, 0.25) is 5.90 Å². The van der Waals surface area contributed by atoms with E-state index in [0.29, 0.717) is 5.56 Å². The highest BCUT2D eigenvalue weighted by Crippen LogP contribution is 2.43. The molecule has 0 radical (unpaired) electrons. The highest BCUT2D eigenvalue weighted by Gasteiger charge is 2.43. The maximum Gasteiger partial charge on any atom is 0.586 e. The molecule has 5 rings (SSSR count). The second-order valence-electron chi connectivity index (χ2n) is 7.25. The second kappa shape index (κ2) is 7.01. The van der Waals surface area contributed by atoms with E-state index in [4.69, 9.17) is 4.74 Å². The summed E-state index contributed by atoms with van der Waals surface area (Å²) < 4.78 is 69.1. The molecule has 0 aromatic heterocycles. The SMILES string of the molecule is C[C@H]1OC(c2c(F)cccc2F)=NC1c1ccc(-c2ccc3c(c2)OC(F)(F)O3)cc1. The average molecular weight is 429 g/mol. The van der Waals surface area contributed by atoms with Crippen LogP contribution in [-0.4, -0.2) is 18.3 Å². The summed E-state index contributed by atoms with van der Waals surface area (Å²) in [5, 5.41) is 0. The zero-order chi connectivity index (χ0) is 21.8. The highest BCUT2D eigenvalue weighted by molar-refractivity contribution is 5.96. The predicted molar refractivity (Wildman–Crippen MR) is 104 cm³/mol. The van der Waals surface area contributed by atoms with E-state index in [2.05, 4.69) is 14.5 Å². The van der Waals surface area contributed by atoms with Crippen molar-refractivity contribution in [2.75, 3.05) is 0 Å². The molecule has 0 saturated carbocycles. The molecule has 0 N–H and O–H groups in total. The number of hydrogen-bond donors (Lipinski definition) is 0. The van der Waals surface area contributed by atoms with Crippen molar-refractivity contribution in [2.45, 2.75) is 25.4 Å². The van der Waals surface area contributed by atoms with E-state index in [0.717, 1.165) is 23.3 Å². The lowest BCUT2D eigenvalue weighted by molar-refractivity contribution is -0.286. The van der Waals surface area contributed by atoms with Gasteiger partial charge in [-0.1, -0.05) is 36.4 Å². The van der Waals surface area contributed by atoms with Crippen LogP contribution in [-0.2, 0) is 4.74 Å². The van der Waals surface area contributed by atoms with E-state index in [9.17, 15) is 17.6 Å². The third-order valence-electron chi connectivity index (χ3n) is 5.16. The molecular formula is C23H15F4NO3. The lowest BCUT2D eigenvalue weighted by Gasteiger charge is -2.13. The van der Waals surface area contributed by atoms with Crippen LogP contribution in [0, 0.1) is 11.6 Å². The highest BCUT2D eigenvalue weighted by atomic mass is 19.3. The summed E-state index contributed by atoms with van der Waals surface area (Å²) in [6.07, 6.45) is -4.09. The summed E-state index contributed by atoms with van der Waals surface area (Å²) in [7, 11) is 0. The molecule has 2 aliphatic heterocycles. The minimum atomic E-state index is -3.67. The van der Waals surface area contributed by atoms with Crippen molar-refractivity contribution in [3.63, 3.8) is 0 Å². The number of halogens is 4. The maximum atomic E-state index is 14.1. The molecule has 2 aliphatic rings. The van der Waals surface area contributed by atoms with E-state index in [1.165, 1.54) is 18.2 Å². The standard InChI is InChI=1S/C23H15F4NO3/c1-12-21(28-22(29-12)20-16(24)3-2-4-17(20)25)14-7-5-13(6-8-14)15-9-10-18-19(11-15)31-23(26,27)30-18/h2-12,21H,1H3/t12-,21?/m1/s1. The number of hydrogen-bond acceptors (Lipinski definition) is 4. The zero-order valence-electron chi connectivity index (χ0n) is 16.1. The molecule has 0 amide bonds. The summed E-state index contributed by atoms with van der Waals surface area (Å²) in [5.41, 5.74) is 1.93. The fourth-order valence-corrected chi connectivity index (χ4v) is 3.67. The van der Waals surface area contributed by atoms with Crippen LogP contribution < -0.4 is 9.47 Å². The Hall–Kier alpha value is -3.55. The fraction of sp³-hybridized carbons (Fsp3) is 0.174. The summed E-state index contributed by atoms with van der Waals surface area (Å²) in [4.78, 5) is 4.39. The van der Waals surface area contributed by atoms with Gasteiger partial charge in [0, 0.05) is 0 Å². The van der Waals surface area contributed by atoms with Crippen molar-refractivity contribution in [1.82, 2.24) is 0 Å². The van der Waals surface area contributed by atoms with E-state index in [1.807, 2.05) is 12.1 Å². The third kappa shape index (κ3) is 3.48. The largest absolute Gasteiger partial charge is 0.586 e. The summed E-state index contributed by atoms with van der Waals surface area (Å²) in [6.45, 7) is 1.77. The van der Waals surface area contributed by atoms with Crippen LogP contribution in [0.1, 0.15) is 24.1 Å². The van der Waals surface area contributed by atoms with E-state index in [1.54, 1.807) is 25.1 Å². The third-order valence-corrected chi connectivity index (χ3v) is 5.16. The van der Waals surface area contributed by atoms with Gasteiger partial charge >= 0.3 is 6.29 Å². The van der Waals surface area contributed by atoms with Crippen molar-refractivity contribution in [1.29, 1.82) is 0 Å². The molecule has 0 aliphatic carbocycles. The van der Waals surface area contributed by atoms with Crippen LogP contribution in [0.2, 0.25) is 0 Å². The Kier molecular flexibility index (Phi) is 4.39. The predicted octanol–water partition coefficient (Wildman–Crippen LogP) is 5.86. The summed E-state index contributed by atoms with van der Waals surface area (Å²) >= 11 is 0. The number of benzene rings is 3. The lowest BCUT2D eigenvalue weighted by Crippen LogP contribution is -2.25. The van der Waals surface area contributed by atoms with Gasteiger partial charge in [-0.3, -0.25) is 0 Å². The molecular weight excluding hydrogens is 414 g/mol. The number of ether oxygens (including phenoxy) is 3. The van der Waals surface area contributed by atoms with Gasteiger partial charge < -0.3 is 14.2 Å². The Bertz CT molecular complexity index is 1170. The lowest BCUT2D eigenvalue weighted by atomic mass is 9.99. The average Bonchev–Trinajstić information content (AvgIpc) is 3.25. The molecule has 158 valence electrons. The first-order chi connectivity index (χ1) is 14.8. The van der Waals surface area contributed by atoms with Crippen LogP contribution >= 0.6 is 0 Å². The Labute approximate surface area is 174 Å². The zero-order valence-corrected chi connectivity index (χ0v) is 16.1. The second-order valence-corrected chi connectivity index (χ2v) is 7.25. The number of fused-ring (bicyclic) bond motifs is 1. The molecule has 0 bridgehead atoms. The van der Waals surface area contributed by atoms with E-state index in [-0.39, 0.29) is 23.0 Å². The molecule has 3 aromatic rings. The molecule has 0 spiro atoms. The van der Waals surface area contributed by atoms with Crippen molar-refractivity contribution in [3.8, 4) is 22.6 Å². The maximum absolute atomic E-state index is 14.1. The molecule has 0 saturated heterocycles. The summed E-state index contributed by atoms with van der Waals surface area (Å²) in [6, 6.07) is 14.9. The molecule has 2 heterocycles. The number of rotatable bonds is 3. The Balaban J connectivity index is 1.41. The molecule has 4 nitrogen and oxygen atoms in total. The topological polar surface area (TPSA) is 40.0 Å². The van der Waals surface area contributed by atoms with Crippen LogP contribution in [0.15, 0.2) is 65.7 Å². The molecule has 1 unspecified atom stereocenters. The van der Waals surface area contributed by atoms with Crippen molar-refractivity contribution in [3.05, 3.63) is 83.4 Å². The van der Waals surface area contributed by atoms with Crippen LogP contribution in [0.5, 0.6) is 11.5 Å². The number of nitrogens with zero attached hydrogens (tertiary/aromatic N) is 1. The van der Waals surface area contributed by atoms with Gasteiger partial charge in [0.1, 0.15) is 29.3 Å². The van der Waals surface area contributed by atoms with Crippen LogP contribution in [0.25, 0.3) is 11.1 Å². The van der Waals surface area contributed by atoms with Gasteiger partial charge in [-0.15, -0.1) is 8.78 Å². The normalized spacial score (nSPS) is 21.0. The smallest absolute Gasteiger partial charge is 0.472 e. The minimum absolute atomic E-state index is 0.0236. The Morgan fingerprint density at radius 2 is 1.48 bits per heavy atom. The summed E-state index contributed by atoms with van der Waals surface area (Å²) in [5.74, 6) is -1.62. The quantitative estimate of drug-likeness (QED) is 0.490.